The monoisotopic (exact) mass is 461 g/mol. The average Bonchev–Trinajstić information content (AvgIpc) is 3.30. The Kier molecular flexibility index (Phi) is 6.66. The van der Waals surface area contributed by atoms with Crippen LogP contribution < -0.4 is 14.8 Å². The quantitative estimate of drug-likeness (QED) is 0.383. The summed E-state index contributed by atoms with van der Waals surface area (Å²) in [6.45, 7) is 1.95. The molecule has 0 radical (unpaired) electrons. The number of amides is 1. The number of methoxy groups -OCH3 is 2. The molecule has 1 unspecified atom stereocenters. The predicted molar refractivity (Wildman–Crippen MR) is 129 cm³/mol. The van der Waals surface area contributed by atoms with Crippen molar-refractivity contribution in [2.45, 2.75) is 13.0 Å². The zero-order valence-corrected chi connectivity index (χ0v) is 19.3. The molecule has 6 nitrogen and oxygen atoms in total. The third kappa shape index (κ3) is 4.86. The maximum atomic E-state index is 13.3. The minimum absolute atomic E-state index is 0.175. The van der Waals surface area contributed by atoms with E-state index >= 15 is 0 Å². The van der Waals surface area contributed by atoms with Crippen LogP contribution in [-0.2, 0) is 0 Å². The van der Waals surface area contributed by atoms with Gasteiger partial charge in [-0.1, -0.05) is 41.9 Å². The van der Waals surface area contributed by atoms with Crippen molar-refractivity contribution in [3.05, 3.63) is 95.1 Å². The number of ether oxygens (including phenoxy) is 2. The van der Waals surface area contributed by atoms with E-state index in [9.17, 15) is 4.79 Å². The van der Waals surface area contributed by atoms with Crippen LogP contribution in [0.1, 0.15) is 29.0 Å². The Morgan fingerprint density at radius 2 is 1.70 bits per heavy atom. The third-order valence-corrected chi connectivity index (χ3v) is 5.60. The zero-order valence-electron chi connectivity index (χ0n) is 18.6. The van der Waals surface area contributed by atoms with Gasteiger partial charge >= 0.3 is 0 Å². The Morgan fingerprint density at radius 3 is 2.36 bits per heavy atom. The molecule has 0 aliphatic heterocycles. The van der Waals surface area contributed by atoms with Gasteiger partial charge in [-0.05, 0) is 55.0 Å². The van der Waals surface area contributed by atoms with Crippen LogP contribution in [0.25, 0.3) is 16.9 Å². The molecule has 168 valence electrons. The summed E-state index contributed by atoms with van der Waals surface area (Å²) >= 11 is 6.07. The fourth-order valence-electron chi connectivity index (χ4n) is 3.56. The summed E-state index contributed by atoms with van der Waals surface area (Å²) in [5, 5.41) is 8.41. The Balaban J connectivity index is 1.76. The van der Waals surface area contributed by atoms with Gasteiger partial charge in [0.1, 0.15) is 17.2 Å². The number of nitrogens with zero attached hydrogens (tertiary/aromatic N) is 2. The SMILES string of the molecule is COc1ccc(-c2cc(C(=O)NC(C)c3ccccc3)n(-c3ccc(Cl)cc3)n2)c(OC)c1. The molecule has 0 bridgehead atoms. The molecule has 4 rings (SSSR count). The van der Waals surface area contributed by atoms with Gasteiger partial charge < -0.3 is 14.8 Å². The van der Waals surface area contributed by atoms with Gasteiger partial charge in [-0.25, -0.2) is 4.68 Å². The van der Waals surface area contributed by atoms with E-state index in [4.69, 9.17) is 26.2 Å². The number of benzene rings is 3. The summed E-state index contributed by atoms with van der Waals surface area (Å²) in [4.78, 5) is 13.3. The van der Waals surface area contributed by atoms with Gasteiger partial charge in [-0.15, -0.1) is 0 Å². The molecule has 1 heterocycles. The lowest BCUT2D eigenvalue weighted by Gasteiger charge is -2.15. The van der Waals surface area contributed by atoms with Crippen molar-refractivity contribution in [3.63, 3.8) is 0 Å². The summed E-state index contributed by atoms with van der Waals surface area (Å²) in [5.74, 6) is 1.02. The fourth-order valence-corrected chi connectivity index (χ4v) is 3.69. The first kappa shape index (κ1) is 22.4. The molecular formula is C26H24ClN3O3. The summed E-state index contributed by atoms with van der Waals surface area (Å²) in [5.41, 5.74) is 3.47. The van der Waals surface area contributed by atoms with E-state index in [1.165, 1.54) is 0 Å². The highest BCUT2D eigenvalue weighted by Crippen LogP contribution is 2.33. The lowest BCUT2D eigenvalue weighted by atomic mass is 10.1. The van der Waals surface area contributed by atoms with Crippen LogP contribution in [-0.4, -0.2) is 29.9 Å². The highest BCUT2D eigenvalue weighted by atomic mass is 35.5. The van der Waals surface area contributed by atoms with Crippen LogP contribution in [0.2, 0.25) is 5.02 Å². The molecule has 0 saturated carbocycles. The van der Waals surface area contributed by atoms with E-state index in [1.807, 2.05) is 61.5 Å². The van der Waals surface area contributed by atoms with Crippen LogP contribution >= 0.6 is 11.6 Å². The molecule has 0 aliphatic carbocycles. The summed E-state index contributed by atoms with van der Waals surface area (Å²) in [6, 6.07) is 24.0. The van der Waals surface area contributed by atoms with E-state index in [1.54, 1.807) is 43.2 Å². The molecule has 0 fully saturated rings. The van der Waals surface area contributed by atoms with Crippen LogP contribution in [0.5, 0.6) is 11.5 Å². The van der Waals surface area contributed by atoms with E-state index in [0.29, 0.717) is 27.9 Å². The van der Waals surface area contributed by atoms with Gasteiger partial charge in [0, 0.05) is 16.7 Å². The number of nitrogens with one attached hydrogen (secondary N) is 1. The predicted octanol–water partition coefficient (Wildman–Crippen LogP) is 5.70. The fraction of sp³-hybridized carbons (Fsp3) is 0.154. The largest absolute Gasteiger partial charge is 0.497 e. The van der Waals surface area contributed by atoms with E-state index in [0.717, 1.165) is 16.8 Å². The number of hydrogen-bond donors (Lipinski definition) is 1. The number of carbonyl (C=O) groups is 1. The number of carbonyl (C=O) groups excluding carboxylic acids is 1. The first-order valence-electron chi connectivity index (χ1n) is 10.4. The lowest BCUT2D eigenvalue weighted by molar-refractivity contribution is 0.0932. The number of aromatic nitrogens is 2. The number of rotatable bonds is 7. The van der Waals surface area contributed by atoms with E-state index < -0.39 is 0 Å². The second-order valence-electron chi connectivity index (χ2n) is 7.48. The molecular weight excluding hydrogens is 438 g/mol. The molecule has 33 heavy (non-hydrogen) atoms. The van der Waals surface area contributed by atoms with E-state index in [-0.39, 0.29) is 11.9 Å². The van der Waals surface area contributed by atoms with Gasteiger partial charge in [0.05, 0.1) is 31.6 Å². The smallest absolute Gasteiger partial charge is 0.270 e. The summed E-state index contributed by atoms with van der Waals surface area (Å²) < 4.78 is 12.5. The van der Waals surface area contributed by atoms with Gasteiger partial charge in [0.2, 0.25) is 0 Å². The highest BCUT2D eigenvalue weighted by molar-refractivity contribution is 6.30. The molecule has 1 amide bonds. The van der Waals surface area contributed by atoms with Crippen molar-refractivity contribution in [3.8, 4) is 28.4 Å². The Bertz CT molecular complexity index is 1250. The molecule has 0 spiro atoms. The zero-order chi connectivity index (χ0) is 23.4. The number of halogens is 1. The van der Waals surface area contributed by atoms with Gasteiger partial charge in [0.25, 0.3) is 5.91 Å². The maximum absolute atomic E-state index is 13.3. The summed E-state index contributed by atoms with van der Waals surface area (Å²) in [6.07, 6.45) is 0. The van der Waals surface area contributed by atoms with Crippen molar-refractivity contribution in [2.75, 3.05) is 14.2 Å². The second kappa shape index (κ2) is 9.79. The average molecular weight is 462 g/mol. The second-order valence-corrected chi connectivity index (χ2v) is 7.91. The normalized spacial score (nSPS) is 11.6. The highest BCUT2D eigenvalue weighted by Gasteiger charge is 2.21. The van der Waals surface area contributed by atoms with Crippen molar-refractivity contribution in [1.29, 1.82) is 0 Å². The van der Waals surface area contributed by atoms with Crippen LogP contribution in [0.3, 0.4) is 0 Å². The lowest BCUT2D eigenvalue weighted by Crippen LogP contribution is -2.28. The van der Waals surface area contributed by atoms with Crippen molar-refractivity contribution in [1.82, 2.24) is 15.1 Å². The molecule has 3 aromatic carbocycles. The first-order valence-corrected chi connectivity index (χ1v) is 10.8. The molecule has 4 aromatic rings. The standard InChI is InChI=1S/C26H24ClN3O3/c1-17(18-7-5-4-6-8-18)28-26(31)24-16-23(22-14-13-21(32-2)15-25(22)33-3)29-30(24)20-11-9-19(27)10-12-20/h4-17H,1-3H3,(H,28,31). The number of hydrogen-bond acceptors (Lipinski definition) is 4. The minimum atomic E-state index is -0.243. The molecule has 0 aliphatic rings. The Morgan fingerprint density at radius 1 is 0.970 bits per heavy atom. The van der Waals surface area contributed by atoms with Crippen LogP contribution in [0.4, 0.5) is 0 Å². The topological polar surface area (TPSA) is 65.4 Å². The van der Waals surface area contributed by atoms with E-state index in [2.05, 4.69) is 5.32 Å². The molecule has 1 N–H and O–H groups in total. The van der Waals surface area contributed by atoms with Gasteiger partial charge in [-0.3, -0.25) is 4.79 Å². The minimum Gasteiger partial charge on any atom is -0.497 e. The van der Waals surface area contributed by atoms with Crippen molar-refractivity contribution >= 4 is 17.5 Å². The third-order valence-electron chi connectivity index (χ3n) is 5.35. The van der Waals surface area contributed by atoms with Crippen LogP contribution in [0, 0.1) is 0 Å². The van der Waals surface area contributed by atoms with Crippen molar-refractivity contribution in [2.24, 2.45) is 0 Å². The first-order chi connectivity index (χ1) is 16.0. The molecule has 1 atom stereocenters. The molecule has 0 saturated heterocycles. The maximum Gasteiger partial charge on any atom is 0.270 e. The van der Waals surface area contributed by atoms with Gasteiger partial charge in [-0.2, -0.15) is 5.10 Å². The summed E-state index contributed by atoms with van der Waals surface area (Å²) in [7, 11) is 3.18. The molecule has 1 aromatic heterocycles. The van der Waals surface area contributed by atoms with Crippen LogP contribution in [0.15, 0.2) is 78.9 Å². The van der Waals surface area contributed by atoms with Crippen molar-refractivity contribution < 1.29 is 14.3 Å². The Labute approximate surface area is 197 Å². The van der Waals surface area contributed by atoms with Gasteiger partial charge in [0.15, 0.2) is 0 Å². The molecule has 7 heteroatoms. The Hall–Kier alpha value is -3.77.